The van der Waals surface area contributed by atoms with Crippen molar-refractivity contribution in [2.24, 2.45) is 0 Å². The fourth-order valence-corrected chi connectivity index (χ4v) is 1.40. The Labute approximate surface area is 76.4 Å². The summed E-state index contributed by atoms with van der Waals surface area (Å²) in [5, 5.41) is 0. The average molecular weight is 176 g/mol. The Hall–Kier alpha value is -1.71. The Morgan fingerprint density at radius 2 is 2.15 bits per heavy atom. The Balaban J connectivity index is 2.75. The van der Waals surface area contributed by atoms with Gasteiger partial charge in [0.15, 0.2) is 5.95 Å². The summed E-state index contributed by atoms with van der Waals surface area (Å²) in [6.07, 6.45) is 0. The molecule has 0 spiro atoms. The second kappa shape index (κ2) is 2.65. The largest absolute Gasteiger partial charge is 0.376 e. The maximum Gasteiger partial charge on any atom is 0.198 e. The number of nitrogens with one attached hydrogen (secondary N) is 1. The van der Waals surface area contributed by atoms with Crippen LogP contribution >= 0.6 is 0 Å². The van der Waals surface area contributed by atoms with Crippen molar-refractivity contribution >= 4 is 22.7 Å². The van der Waals surface area contributed by atoms with Crippen molar-refractivity contribution < 1.29 is 0 Å². The van der Waals surface area contributed by atoms with Gasteiger partial charge in [-0.15, -0.1) is 0 Å². The van der Waals surface area contributed by atoms with Crippen LogP contribution in [0.2, 0.25) is 0 Å². The van der Waals surface area contributed by atoms with E-state index in [1.54, 1.807) is 0 Å². The highest BCUT2D eigenvalue weighted by atomic mass is 15.1. The predicted octanol–water partition coefficient (Wildman–Crippen LogP) is 1.21. The van der Waals surface area contributed by atoms with Gasteiger partial charge in [-0.2, -0.15) is 0 Å². The summed E-state index contributed by atoms with van der Waals surface area (Å²) in [6, 6.07) is 5.96. The molecule has 0 aliphatic rings. The van der Waals surface area contributed by atoms with Crippen molar-refractivity contribution in [2.75, 3.05) is 24.7 Å². The molecule has 0 bridgehead atoms. The number of hydrogen-bond donors (Lipinski definition) is 2. The third kappa shape index (κ3) is 1.20. The lowest BCUT2D eigenvalue weighted by Crippen LogP contribution is -2.08. The molecule has 0 fully saturated rings. The number of anilines is 2. The van der Waals surface area contributed by atoms with E-state index in [9.17, 15) is 0 Å². The van der Waals surface area contributed by atoms with Gasteiger partial charge in [0, 0.05) is 14.1 Å². The summed E-state index contributed by atoms with van der Waals surface area (Å²) in [7, 11) is 3.97. The molecule has 1 aromatic heterocycles. The summed E-state index contributed by atoms with van der Waals surface area (Å²) in [5.41, 5.74) is 8.55. The van der Waals surface area contributed by atoms with E-state index in [0.717, 1.165) is 16.7 Å². The molecule has 0 aliphatic carbocycles. The van der Waals surface area contributed by atoms with E-state index < -0.39 is 0 Å². The molecule has 0 radical (unpaired) electrons. The molecular formula is C9H12N4. The molecule has 1 aromatic carbocycles. The van der Waals surface area contributed by atoms with E-state index in [-0.39, 0.29) is 0 Å². The van der Waals surface area contributed by atoms with E-state index in [1.165, 1.54) is 0 Å². The van der Waals surface area contributed by atoms with Gasteiger partial charge in [-0.3, -0.25) is 0 Å². The number of nitrogen functional groups attached to an aromatic ring is 1. The molecular weight excluding hydrogens is 164 g/mol. The standard InChI is InChI=1S/C9H12N4/c1-13(2)7-5-3-4-6-8(7)12-9(10)11-6/h3-5H,1-2H3,(H3,10,11,12). The minimum Gasteiger partial charge on any atom is -0.376 e. The summed E-state index contributed by atoms with van der Waals surface area (Å²) < 4.78 is 0. The van der Waals surface area contributed by atoms with E-state index in [4.69, 9.17) is 5.73 Å². The Morgan fingerprint density at radius 3 is 2.85 bits per heavy atom. The minimum atomic E-state index is 0.462. The first kappa shape index (κ1) is 7.91. The minimum absolute atomic E-state index is 0.462. The van der Waals surface area contributed by atoms with Crippen molar-refractivity contribution in [3.63, 3.8) is 0 Å². The Kier molecular flexibility index (Phi) is 1.62. The SMILES string of the molecule is CN(C)c1cccc2[nH]c(N)nc12. The zero-order valence-corrected chi connectivity index (χ0v) is 7.70. The van der Waals surface area contributed by atoms with Crippen LogP contribution in [0.3, 0.4) is 0 Å². The average Bonchev–Trinajstić information content (AvgIpc) is 2.43. The quantitative estimate of drug-likeness (QED) is 0.686. The topological polar surface area (TPSA) is 57.9 Å². The van der Waals surface area contributed by atoms with Gasteiger partial charge < -0.3 is 15.6 Å². The third-order valence-corrected chi connectivity index (χ3v) is 1.99. The first-order chi connectivity index (χ1) is 6.18. The number of aromatic amines is 1. The summed E-state index contributed by atoms with van der Waals surface area (Å²) in [5.74, 6) is 0.462. The first-order valence-corrected chi connectivity index (χ1v) is 4.10. The van der Waals surface area contributed by atoms with Gasteiger partial charge in [-0.25, -0.2) is 4.98 Å². The lowest BCUT2D eigenvalue weighted by molar-refractivity contribution is 1.14. The van der Waals surface area contributed by atoms with Gasteiger partial charge in [0.1, 0.15) is 5.52 Å². The highest BCUT2D eigenvalue weighted by Gasteiger charge is 2.05. The van der Waals surface area contributed by atoms with Gasteiger partial charge >= 0.3 is 0 Å². The number of rotatable bonds is 1. The zero-order chi connectivity index (χ0) is 9.42. The van der Waals surface area contributed by atoms with Crippen LogP contribution in [0.15, 0.2) is 18.2 Å². The number of nitrogens with zero attached hydrogens (tertiary/aromatic N) is 2. The van der Waals surface area contributed by atoms with Gasteiger partial charge in [0.2, 0.25) is 0 Å². The smallest absolute Gasteiger partial charge is 0.198 e. The van der Waals surface area contributed by atoms with E-state index in [1.807, 2.05) is 37.2 Å². The van der Waals surface area contributed by atoms with Crippen LogP contribution in [-0.4, -0.2) is 24.1 Å². The number of para-hydroxylation sites is 1. The molecule has 0 atom stereocenters. The van der Waals surface area contributed by atoms with Crippen LogP contribution < -0.4 is 10.6 Å². The van der Waals surface area contributed by atoms with Gasteiger partial charge in [0.05, 0.1) is 11.2 Å². The molecule has 4 nitrogen and oxygen atoms in total. The number of aromatic nitrogens is 2. The molecule has 3 N–H and O–H groups in total. The fraction of sp³-hybridized carbons (Fsp3) is 0.222. The second-order valence-electron chi connectivity index (χ2n) is 3.19. The lowest BCUT2D eigenvalue weighted by atomic mass is 10.2. The Bertz CT molecular complexity index is 430. The van der Waals surface area contributed by atoms with Gasteiger partial charge in [-0.1, -0.05) is 6.07 Å². The monoisotopic (exact) mass is 176 g/mol. The third-order valence-electron chi connectivity index (χ3n) is 1.99. The summed E-state index contributed by atoms with van der Waals surface area (Å²) in [4.78, 5) is 9.23. The molecule has 0 saturated heterocycles. The van der Waals surface area contributed by atoms with E-state index in [0.29, 0.717) is 5.95 Å². The van der Waals surface area contributed by atoms with Crippen molar-refractivity contribution in [3.05, 3.63) is 18.2 Å². The molecule has 1 heterocycles. The van der Waals surface area contributed by atoms with Crippen LogP contribution in [0.25, 0.3) is 11.0 Å². The predicted molar refractivity (Wildman–Crippen MR) is 54.8 cm³/mol. The van der Waals surface area contributed by atoms with Crippen LogP contribution in [0.1, 0.15) is 0 Å². The highest BCUT2D eigenvalue weighted by Crippen LogP contribution is 2.23. The number of imidazole rings is 1. The Morgan fingerprint density at radius 1 is 1.38 bits per heavy atom. The summed E-state index contributed by atoms with van der Waals surface area (Å²) >= 11 is 0. The number of benzene rings is 1. The number of fused-ring (bicyclic) bond motifs is 1. The van der Waals surface area contributed by atoms with Gasteiger partial charge in [0.25, 0.3) is 0 Å². The molecule has 13 heavy (non-hydrogen) atoms. The fourth-order valence-electron chi connectivity index (χ4n) is 1.40. The van der Waals surface area contributed by atoms with Crippen molar-refractivity contribution in [1.29, 1.82) is 0 Å². The number of hydrogen-bond acceptors (Lipinski definition) is 3. The molecule has 2 aromatic rings. The van der Waals surface area contributed by atoms with Crippen molar-refractivity contribution in [1.82, 2.24) is 9.97 Å². The normalized spacial score (nSPS) is 10.6. The number of nitrogens with two attached hydrogens (primary N) is 1. The van der Waals surface area contributed by atoms with Crippen molar-refractivity contribution in [2.45, 2.75) is 0 Å². The summed E-state index contributed by atoms with van der Waals surface area (Å²) in [6.45, 7) is 0. The highest BCUT2D eigenvalue weighted by molar-refractivity contribution is 5.89. The maximum absolute atomic E-state index is 5.57. The lowest BCUT2D eigenvalue weighted by Gasteiger charge is -2.11. The number of H-pyrrole nitrogens is 1. The molecule has 2 rings (SSSR count). The molecule has 4 heteroatoms. The van der Waals surface area contributed by atoms with Gasteiger partial charge in [-0.05, 0) is 12.1 Å². The second-order valence-corrected chi connectivity index (χ2v) is 3.19. The van der Waals surface area contributed by atoms with Crippen LogP contribution in [0, 0.1) is 0 Å². The van der Waals surface area contributed by atoms with Crippen LogP contribution in [-0.2, 0) is 0 Å². The molecule has 68 valence electrons. The first-order valence-electron chi connectivity index (χ1n) is 4.10. The molecule has 0 saturated carbocycles. The van der Waals surface area contributed by atoms with Crippen LogP contribution in [0.5, 0.6) is 0 Å². The van der Waals surface area contributed by atoms with E-state index in [2.05, 4.69) is 9.97 Å². The van der Waals surface area contributed by atoms with Crippen LogP contribution in [0.4, 0.5) is 11.6 Å². The molecule has 0 amide bonds. The zero-order valence-electron chi connectivity index (χ0n) is 7.70. The van der Waals surface area contributed by atoms with E-state index >= 15 is 0 Å². The molecule has 0 unspecified atom stereocenters. The maximum atomic E-state index is 5.57. The molecule has 0 aliphatic heterocycles. The van der Waals surface area contributed by atoms with Crippen molar-refractivity contribution in [3.8, 4) is 0 Å².